The monoisotopic (exact) mass is 386 g/mol. The van der Waals surface area contributed by atoms with E-state index in [9.17, 15) is 19.5 Å². The Labute approximate surface area is 166 Å². The molecule has 1 aromatic carbocycles. The third-order valence-corrected chi connectivity index (χ3v) is 6.34. The van der Waals surface area contributed by atoms with Crippen LogP contribution in [0.3, 0.4) is 0 Å². The number of nitrogens with zero attached hydrogens (tertiary/aromatic N) is 1. The minimum absolute atomic E-state index is 0.00625. The van der Waals surface area contributed by atoms with Gasteiger partial charge in [0.1, 0.15) is 5.41 Å². The average molecular weight is 386 g/mol. The number of carboxylic acids is 1. The Balaban J connectivity index is 1.69. The van der Waals surface area contributed by atoms with Crippen molar-refractivity contribution in [3.05, 3.63) is 35.9 Å². The van der Waals surface area contributed by atoms with Crippen molar-refractivity contribution < 1.29 is 19.5 Å². The van der Waals surface area contributed by atoms with E-state index < -0.39 is 11.4 Å². The van der Waals surface area contributed by atoms with Gasteiger partial charge in [-0.25, -0.2) is 0 Å². The van der Waals surface area contributed by atoms with Gasteiger partial charge in [0.25, 0.3) is 0 Å². The van der Waals surface area contributed by atoms with Crippen LogP contribution in [0.1, 0.15) is 51.0 Å². The van der Waals surface area contributed by atoms with Gasteiger partial charge in [-0.05, 0) is 38.2 Å². The SMILES string of the molecule is CC(CNC(=O)C1CCCCC1C(=O)N1CCCC1)(C(=O)O)c1ccccc1. The third-order valence-electron chi connectivity index (χ3n) is 6.34. The molecule has 2 aliphatic rings. The standard InChI is InChI=1S/C22H30N2O4/c1-22(21(27)28,16-9-3-2-4-10-16)15-23-19(25)17-11-5-6-12-18(17)20(26)24-13-7-8-14-24/h2-4,9-10,17-18H,5-8,11-15H2,1H3,(H,23,25)(H,27,28). The van der Waals surface area contributed by atoms with Crippen LogP contribution in [0.2, 0.25) is 0 Å². The molecule has 3 rings (SSSR count). The fourth-order valence-electron chi connectivity index (χ4n) is 4.41. The van der Waals surface area contributed by atoms with Crippen molar-refractivity contribution in [2.24, 2.45) is 11.8 Å². The first-order valence-electron chi connectivity index (χ1n) is 10.3. The van der Waals surface area contributed by atoms with E-state index in [1.807, 2.05) is 11.0 Å². The molecule has 0 spiro atoms. The van der Waals surface area contributed by atoms with Crippen LogP contribution in [-0.2, 0) is 19.8 Å². The first-order chi connectivity index (χ1) is 13.4. The molecule has 3 atom stereocenters. The topological polar surface area (TPSA) is 86.7 Å². The summed E-state index contributed by atoms with van der Waals surface area (Å²) < 4.78 is 0. The summed E-state index contributed by atoms with van der Waals surface area (Å²) in [5.74, 6) is -1.72. The summed E-state index contributed by atoms with van der Waals surface area (Å²) in [6.07, 6.45) is 5.38. The Morgan fingerprint density at radius 2 is 1.64 bits per heavy atom. The lowest BCUT2D eigenvalue weighted by Crippen LogP contribution is -2.49. The van der Waals surface area contributed by atoms with Crippen LogP contribution in [-0.4, -0.2) is 47.4 Å². The van der Waals surface area contributed by atoms with Gasteiger partial charge in [0.05, 0.1) is 0 Å². The second-order valence-electron chi connectivity index (χ2n) is 8.25. The highest BCUT2D eigenvalue weighted by Gasteiger charge is 2.40. The van der Waals surface area contributed by atoms with Gasteiger partial charge in [-0.3, -0.25) is 14.4 Å². The number of hydrogen-bond acceptors (Lipinski definition) is 3. The van der Waals surface area contributed by atoms with Gasteiger partial charge in [-0.2, -0.15) is 0 Å². The molecule has 1 saturated carbocycles. The number of hydrogen-bond donors (Lipinski definition) is 2. The molecule has 3 unspecified atom stereocenters. The van der Waals surface area contributed by atoms with Crippen molar-refractivity contribution >= 4 is 17.8 Å². The summed E-state index contributed by atoms with van der Waals surface area (Å²) in [6.45, 7) is 3.20. The van der Waals surface area contributed by atoms with Gasteiger partial charge in [0, 0.05) is 31.5 Å². The Bertz CT molecular complexity index is 715. The largest absolute Gasteiger partial charge is 0.481 e. The molecule has 28 heavy (non-hydrogen) atoms. The number of nitrogens with one attached hydrogen (secondary N) is 1. The maximum atomic E-state index is 13.0. The van der Waals surface area contributed by atoms with Crippen molar-refractivity contribution in [2.75, 3.05) is 19.6 Å². The molecule has 0 aromatic heterocycles. The number of rotatable bonds is 6. The summed E-state index contributed by atoms with van der Waals surface area (Å²) >= 11 is 0. The lowest BCUT2D eigenvalue weighted by atomic mass is 9.77. The molecule has 2 amide bonds. The summed E-state index contributed by atoms with van der Waals surface area (Å²) in [7, 11) is 0. The Morgan fingerprint density at radius 1 is 1.04 bits per heavy atom. The molecule has 1 aromatic rings. The van der Waals surface area contributed by atoms with Gasteiger partial charge in [-0.15, -0.1) is 0 Å². The molecule has 0 radical (unpaired) electrons. The smallest absolute Gasteiger partial charge is 0.315 e. The number of carbonyl (C=O) groups excluding carboxylic acids is 2. The van der Waals surface area contributed by atoms with E-state index in [1.165, 1.54) is 0 Å². The molecule has 1 heterocycles. The fraction of sp³-hybridized carbons (Fsp3) is 0.591. The molecule has 2 N–H and O–H groups in total. The number of carbonyl (C=O) groups is 3. The van der Waals surface area contributed by atoms with Crippen LogP contribution >= 0.6 is 0 Å². The molecule has 1 aliphatic carbocycles. The van der Waals surface area contributed by atoms with Gasteiger partial charge < -0.3 is 15.3 Å². The number of amides is 2. The maximum absolute atomic E-state index is 13.0. The zero-order valence-corrected chi connectivity index (χ0v) is 16.5. The van der Waals surface area contributed by atoms with Crippen LogP contribution < -0.4 is 5.32 Å². The van der Waals surface area contributed by atoms with E-state index in [1.54, 1.807) is 31.2 Å². The van der Waals surface area contributed by atoms with Gasteiger partial charge in [-0.1, -0.05) is 43.2 Å². The quantitative estimate of drug-likeness (QED) is 0.787. The molecule has 6 heteroatoms. The van der Waals surface area contributed by atoms with E-state index in [4.69, 9.17) is 0 Å². The Hall–Kier alpha value is -2.37. The predicted molar refractivity (Wildman–Crippen MR) is 106 cm³/mol. The zero-order chi connectivity index (χ0) is 20.1. The van der Waals surface area contributed by atoms with Gasteiger partial charge >= 0.3 is 5.97 Å². The average Bonchev–Trinajstić information content (AvgIpc) is 3.26. The maximum Gasteiger partial charge on any atom is 0.315 e. The second kappa shape index (κ2) is 8.76. The number of aliphatic carboxylic acids is 1. The first kappa shape index (κ1) is 20.4. The molecule has 1 aliphatic heterocycles. The fourth-order valence-corrected chi connectivity index (χ4v) is 4.41. The zero-order valence-electron chi connectivity index (χ0n) is 16.5. The number of benzene rings is 1. The molecular formula is C22H30N2O4. The lowest BCUT2D eigenvalue weighted by molar-refractivity contribution is -0.145. The number of carboxylic acid groups (broad SMARTS) is 1. The highest BCUT2D eigenvalue weighted by atomic mass is 16.4. The van der Waals surface area contributed by atoms with E-state index in [-0.39, 0.29) is 30.2 Å². The van der Waals surface area contributed by atoms with Crippen LogP contribution in [0.15, 0.2) is 30.3 Å². The molecular weight excluding hydrogens is 356 g/mol. The van der Waals surface area contributed by atoms with E-state index in [0.717, 1.165) is 45.2 Å². The van der Waals surface area contributed by atoms with Crippen LogP contribution in [0.5, 0.6) is 0 Å². The van der Waals surface area contributed by atoms with Crippen LogP contribution in [0.4, 0.5) is 0 Å². The van der Waals surface area contributed by atoms with Crippen LogP contribution in [0.25, 0.3) is 0 Å². The van der Waals surface area contributed by atoms with Crippen molar-refractivity contribution in [1.82, 2.24) is 10.2 Å². The minimum atomic E-state index is -1.21. The minimum Gasteiger partial charge on any atom is -0.481 e. The van der Waals surface area contributed by atoms with Crippen molar-refractivity contribution in [3.8, 4) is 0 Å². The molecule has 0 bridgehead atoms. The second-order valence-corrected chi connectivity index (χ2v) is 8.25. The van der Waals surface area contributed by atoms with Crippen molar-refractivity contribution in [2.45, 2.75) is 50.9 Å². The Kier molecular flexibility index (Phi) is 6.37. The summed E-state index contributed by atoms with van der Waals surface area (Å²) in [6, 6.07) is 8.95. The predicted octanol–water partition coefficient (Wildman–Crippen LogP) is 2.57. The molecule has 1 saturated heterocycles. The summed E-state index contributed by atoms with van der Waals surface area (Å²) in [5.41, 5.74) is -0.559. The number of likely N-dealkylation sites (tertiary alicyclic amines) is 1. The van der Waals surface area contributed by atoms with E-state index in [0.29, 0.717) is 12.0 Å². The van der Waals surface area contributed by atoms with Gasteiger partial charge in [0.2, 0.25) is 11.8 Å². The van der Waals surface area contributed by atoms with Crippen LogP contribution in [0, 0.1) is 11.8 Å². The summed E-state index contributed by atoms with van der Waals surface area (Å²) in [5, 5.41) is 12.6. The Morgan fingerprint density at radius 3 is 2.25 bits per heavy atom. The normalized spacial score (nSPS) is 24.4. The third kappa shape index (κ3) is 4.21. The molecule has 152 valence electrons. The van der Waals surface area contributed by atoms with Gasteiger partial charge in [0.15, 0.2) is 0 Å². The van der Waals surface area contributed by atoms with E-state index >= 15 is 0 Å². The summed E-state index contributed by atoms with van der Waals surface area (Å²) in [4.78, 5) is 39.7. The lowest BCUT2D eigenvalue weighted by Gasteiger charge is -2.33. The molecule has 2 fully saturated rings. The molecule has 6 nitrogen and oxygen atoms in total. The highest BCUT2D eigenvalue weighted by molar-refractivity contribution is 5.89. The first-order valence-corrected chi connectivity index (χ1v) is 10.3. The van der Waals surface area contributed by atoms with Crippen molar-refractivity contribution in [3.63, 3.8) is 0 Å². The van der Waals surface area contributed by atoms with Crippen molar-refractivity contribution in [1.29, 1.82) is 0 Å². The highest BCUT2D eigenvalue weighted by Crippen LogP contribution is 2.33. The van der Waals surface area contributed by atoms with E-state index in [2.05, 4.69) is 5.32 Å².